The maximum Gasteiger partial charge on any atom is 0.110 e. The van der Waals surface area contributed by atoms with Gasteiger partial charge in [-0.1, -0.05) is 0 Å². The van der Waals surface area contributed by atoms with E-state index in [9.17, 15) is 0 Å². The van der Waals surface area contributed by atoms with Crippen molar-refractivity contribution in [2.24, 2.45) is 0 Å². The number of imidazole rings is 1. The van der Waals surface area contributed by atoms with Crippen molar-refractivity contribution in [1.29, 1.82) is 0 Å². The van der Waals surface area contributed by atoms with Crippen LogP contribution < -0.4 is 5.32 Å². The molecule has 0 fully saturated rings. The zero-order valence-electron chi connectivity index (χ0n) is 7.20. The van der Waals surface area contributed by atoms with Gasteiger partial charge in [0.25, 0.3) is 0 Å². The van der Waals surface area contributed by atoms with E-state index in [4.69, 9.17) is 0 Å². The van der Waals surface area contributed by atoms with Crippen molar-refractivity contribution in [3.63, 3.8) is 0 Å². The number of rotatable bonds is 1. The molecule has 3 heteroatoms. The summed E-state index contributed by atoms with van der Waals surface area (Å²) in [6.07, 6.45) is 3.89. The van der Waals surface area contributed by atoms with E-state index in [0.717, 1.165) is 17.0 Å². The molecule has 62 valence electrons. The van der Waals surface area contributed by atoms with Crippen LogP contribution in [0.15, 0.2) is 24.5 Å². The quantitative estimate of drug-likeness (QED) is 0.689. The molecule has 2 aromatic rings. The summed E-state index contributed by atoms with van der Waals surface area (Å²) >= 11 is 0. The number of hydrogen-bond donors (Lipinski definition) is 1. The molecule has 2 heterocycles. The van der Waals surface area contributed by atoms with Gasteiger partial charge in [0, 0.05) is 18.9 Å². The van der Waals surface area contributed by atoms with Gasteiger partial charge in [-0.05, 0) is 19.1 Å². The van der Waals surface area contributed by atoms with Crippen molar-refractivity contribution in [2.75, 3.05) is 12.4 Å². The SMILES string of the molecule is CNc1ccn2c(C)ncc2c1. The fraction of sp³-hybridized carbons (Fsp3) is 0.222. The number of aryl methyl sites for hydroxylation is 1. The molecule has 0 spiro atoms. The van der Waals surface area contributed by atoms with Gasteiger partial charge in [-0.15, -0.1) is 0 Å². The Kier molecular flexibility index (Phi) is 1.50. The van der Waals surface area contributed by atoms with Gasteiger partial charge in [-0.3, -0.25) is 0 Å². The Hall–Kier alpha value is -1.51. The lowest BCUT2D eigenvalue weighted by molar-refractivity contribution is 1.04. The molecule has 0 bridgehead atoms. The lowest BCUT2D eigenvalue weighted by atomic mass is 10.3. The number of fused-ring (bicyclic) bond motifs is 1. The van der Waals surface area contributed by atoms with Gasteiger partial charge in [-0.2, -0.15) is 0 Å². The lowest BCUT2D eigenvalue weighted by Gasteiger charge is -2.00. The van der Waals surface area contributed by atoms with Crippen LogP contribution in [0.5, 0.6) is 0 Å². The maximum absolute atomic E-state index is 4.21. The number of nitrogens with zero attached hydrogens (tertiary/aromatic N) is 2. The molecule has 0 saturated heterocycles. The Balaban J connectivity index is 2.69. The summed E-state index contributed by atoms with van der Waals surface area (Å²) in [5.41, 5.74) is 2.24. The predicted octanol–water partition coefficient (Wildman–Crippen LogP) is 1.68. The minimum Gasteiger partial charge on any atom is -0.388 e. The van der Waals surface area contributed by atoms with E-state index in [1.165, 1.54) is 0 Å². The Morgan fingerprint density at radius 2 is 2.33 bits per heavy atom. The Labute approximate surface area is 71.0 Å². The Morgan fingerprint density at radius 1 is 1.50 bits per heavy atom. The molecule has 2 aromatic heterocycles. The molecule has 3 nitrogen and oxygen atoms in total. The molecule has 0 radical (unpaired) electrons. The molecule has 0 aliphatic rings. The molecule has 0 unspecified atom stereocenters. The fourth-order valence-electron chi connectivity index (χ4n) is 1.29. The van der Waals surface area contributed by atoms with E-state index in [2.05, 4.69) is 20.8 Å². The third kappa shape index (κ3) is 0.942. The van der Waals surface area contributed by atoms with E-state index in [0.29, 0.717) is 0 Å². The van der Waals surface area contributed by atoms with E-state index in [-0.39, 0.29) is 0 Å². The summed E-state index contributed by atoms with van der Waals surface area (Å²) in [6, 6.07) is 4.10. The van der Waals surface area contributed by atoms with Crippen molar-refractivity contribution < 1.29 is 0 Å². The van der Waals surface area contributed by atoms with Crippen LogP contribution in [0, 0.1) is 6.92 Å². The van der Waals surface area contributed by atoms with Gasteiger partial charge in [0.05, 0.1) is 11.7 Å². The van der Waals surface area contributed by atoms with Crippen LogP contribution in [0.3, 0.4) is 0 Å². The largest absolute Gasteiger partial charge is 0.388 e. The third-order valence-electron chi connectivity index (χ3n) is 2.01. The van der Waals surface area contributed by atoms with Crippen LogP contribution >= 0.6 is 0 Å². The minimum absolute atomic E-state index is 1.02. The molecule has 0 aliphatic carbocycles. The molecule has 0 atom stereocenters. The highest BCUT2D eigenvalue weighted by molar-refractivity contribution is 5.57. The Bertz CT molecular complexity index is 403. The second-order valence-corrected chi connectivity index (χ2v) is 2.77. The second kappa shape index (κ2) is 2.52. The first kappa shape index (κ1) is 7.16. The van der Waals surface area contributed by atoms with E-state index < -0.39 is 0 Å². The molecule has 0 amide bonds. The number of hydrogen-bond acceptors (Lipinski definition) is 2. The molecule has 0 aromatic carbocycles. The Morgan fingerprint density at radius 3 is 3.08 bits per heavy atom. The smallest absolute Gasteiger partial charge is 0.110 e. The highest BCUT2D eigenvalue weighted by Crippen LogP contribution is 2.12. The van der Waals surface area contributed by atoms with Gasteiger partial charge in [0.15, 0.2) is 0 Å². The molecular weight excluding hydrogens is 150 g/mol. The summed E-state index contributed by atoms with van der Waals surface area (Å²) in [7, 11) is 1.91. The monoisotopic (exact) mass is 161 g/mol. The molecule has 1 N–H and O–H groups in total. The summed E-state index contributed by atoms with van der Waals surface area (Å²) in [5, 5.41) is 3.09. The fourth-order valence-corrected chi connectivity index (χ4v) is 1.29. The first-order valence-electron chi connectivity index (χ1n) is 3.93. The number of pyridine rings is 1. The second-order valence-electron chi connectivity index (χ2n) is 2.77. The van der Waals surface area contributed by atoms with Crippen molar-refractivity contribution >= 4 is 11.2 Å². The van der Waals surface area contributed by atoms with Crippen molar-refractivity contribution in [3.05, 3.63) is 30.4 Å². The van der Waals surface area contributed by atoms with Crippen LogP contribution in [-0.2, 0) is 0 Å². The average Bonchev–Trinajstić information content (AvgIpc) is 2.47. The number of anilines is 1. The van der Waals surface area contributed by atoms with E-state index in [1.807, 2.05) is 32.4 Å². The van der Waals surface area contributed by atoms with Crippen LogP contribution in [0.1, 0.15) is 5.82 Å². The first-order valence-corrected chi connectivity index (χ1v) is 3.93. The van der Waals surface area contributed by atoms with Crippen molar-refractivity contribution in [1.82, 2.24) is 9.38 Å². The molecule has 2 rings (SSSR count). The highest BCUT2D eigenvalue weighted by Gasteiger charge is 1.97. The van der Waals surface area contributed by atoms with Crippen molar-refractivity contribution in [3.8, 4) is 0 Å². The molecule has 0 aliphatic heterocycles. The van der Waals surface area contributed by atoms with E-state index in [1.54, 1.807) is 0 Å². The van der Waals surface area contributed by atoms with Gasteiger partial charge in [0.1, 0.15) is 5.82 Å². The normalized spacial score (nSPS) is 10.5. The van der Waals surface area contributed by atoms with Gasteiger partial charge < -0.3 is 9.72 Å². The number of nitrogens with one attached hydrogen (secondary N) is 1. The predicted molar refractivity (Wildman–Crippen MR) is 49.5 cm³/mol. The molecule has 0 saturated carbocycles. The van der Waals surface area contributed by atoms with Crippen LogP contribution in [0.4, 0.5) is 5.69 Å². The summed E-state index contributed by atoms with van der Waals surface area (Å²) < 4.78 is 2.06. The van der Waals surface area contributed by atoms with Gasteiger partial charge >= 0.3 is 0 Å². The van der Waals surface area contributed by atoms with Gasteiger partial charge in [0.2, 0.25) is 0 Å². The van der Waals surface area contributed by atoms with Crippen LogP contribution in [0.25, 0.3) is 5.52 Å². The van der Waals surface area contributed by atoms with E-state index >= 15 is 0 Å². The maximum atomic E-state index is 4.21. The van der Waals surface area contributed by atoms with Gasteiger partial charge in [-0.25, -0.2) is 4.98 Å². The highest BCUT2D eigenvalue weighted by atomic mass is 15.0. The third-order valence-corrected chi connectivity index (χ3v) is 2.01. The summed E-state index contributed by atoms with van der Waals surface area (Å²) in [6.45, 7) is 1.99. The van der Waals surface area contributed by atoms with Crippen molar-refractivity contribution in [2.45, 2.75) is 6.92 Å². The minimum atomic E-state index is 1.02. The zero-order valence-corrected chi connectivity index (χ0v) is 7.20. The molecular formula is C9H11N3. The summed E-state index contributed by atoms with van der Waals surface area (Å²) in [4.78, 5) is 4.21. The number of aromatic nitrogens is 2. The standard InChI is InChI=1S/C9H11N3/c1-7-11-6-9-5-8(10-2)3-4-12(7)9/h3-6,10H,1-2H3. The zero-order chi connectivity index (χ0) is 8.55. The molecule has 12 heavy (non-hydrogen) atoms. The van der Waals surface area contributed by atoms with Crippen LogP contribution in [-0.4, -0.2) is 16.4 Å². The average molecular weight is 161 g/mol. The van der Waals surface area contributed by atoms with Crippen LogP contribution in [0.2, 0.25) is 0 Å². The topological polar surface area (TPSA) is 29.3 Å². The summed E-state index contributed by atoms with van der Waals surface area (Å²) in [5.74, 6) is 1.02. The first-order chi connectivity index (χ1) is 5.81. The lowest BCUT2D eigenvalue weighted by Crippen LogP contribution is -1.91.